The summed E-state index contributed by atoms with van der Waals surface area (Å²) in [5.74, 6) is 0.681. The van der Waals surface area contributed by atoms with Crippen molar-refractivity contribution in [2.45, 2.75) is 4.90 Å². The third-order valence-electron chi connectivity index (χ3n) is 5.46. The first-order valence-electron chi connectivity index (χ1n) is 10.3. The highest BCUT2D eigenvalue weighted by atomic mass is 35.5. The van der Waals surface area contributed by atoms with Crippen LogP contribution in [0.4, 0.5) is 0 Å². The summed E-state index contributed by atoms with van der Waals surface area (Å²) in [5.41, 5.74) is 5.23. The molecule has 2 aromatic heterocycles. The van der Waals surface area contributed by atoms with Gasteiger partial charge in [0, 0.05) is 34.6 Å². The van der Waals surface area contributed by atoms with Crippen LogP contribution in [0.3, 0.4) is 0 Å². The van der Waals surface area contributed by atoms with Crippen LogP contribution in [-0.4, -0.2) is 24.2 Å². The van der Waals surface area contributed by atoms with Crippen LogP contribution in [0.15, 0.2) is 94.6 Å². The van der Waals surface area contributed by atoms with Gasteiger partial charge in [-0.15, -0.1) is 0 Å². The lowest BCUT2D eigenvalue weighted by Gasteiger charge is -2.11. The Morgan fingerprint density at radius 2 is 1.65 bits per heavy atom. The Balaban J connectivity index is 1.61. The van der Waals surface area contributed by atoms with E-state index in [4.69, 9.17) is 28.2 Å². The maximum absolute atomic E-state index is 11.9. The highest BCUT2D eigenvalue weighted by Gasteiger charge is 2.17. The monoisotopic (exact) mass is 524 g/mol. The van der Waals surface area contributed by atoms with Crippen molar-refractivity contribution in [3.05, 3.63) is 99.8 Å². The average Bonchev–Trinajstić information content (AvgIpc) is 3.51. The molecule has 0 spiro atoms. The predicted octanol–water partition coefficient (Wildman–Crippen LogP) is 7.65. The van der Waals surface area contributed by atoms with Gasteiger partial charge in [0.15, 0.2) is 9.84 Å². The Labute approximate surface area is 212 Å². The number of rotatable bonds is 5. The van der Waals surface area contributed by atoms with Gasteiger partial charge >= 0.3 is 0 Å². The first-order chi connectivity index (χ1) is 16.3. The van der Waals surface area contributed by atoms with E-state index in [1.54, 1.807) is 35.6 Å². The fourth-order valence-electron chi connectivity index (χ4n) is 3.71. The maximum atomic E-state index is 11.9. The quantitative estimate of drug-likeness (QED) is 0.237. The molecule has 0 atom stereocenters. The van der Waals surface area contributed by atoms with Crippen LogP contribution in [0.1, 0.15) is 0 Å². The minimum absolute atomic E-state index is 0.293. The van der Waals surface area contributed by atoms with Crippen molar-refractivity contribution in [1.82, 2.24) is 9.55 Å². The molecule has 2 heterocycles. The molecule has 3 aromatic carbocycles. The van der Waals surface area contributed by atoms with Gasteiger partial charge in [-0.05, 0) is 59.0 Å². The molecule has 0 fully saturated rings. The van der Waals surface area contributed by atoms with Gasteiger partial charge in [0.2, 0.25) is 0 Å². The number of halogens is 2. The molecule has 34 heavy (non-hydrogen) atoms. The van der Waals surface area contributed by atoms with Crippen LogP contribution in [0.5, 0.6) is 0 Å². The molecule has 0 aliphatic carbocycles. The van der Waals surface area contributed by atoms with Crippen LogP contribution in [-0.2, 0) is 9.84 Å². The molecular weight excluding hydrogens is 507 g/mol. The SMILES string of the molecule is CS(=O)(=O)c1cccc(-c2ccc(-n3cc(-c4ccsc4)nc3-c3cccc(Cl)c3Cl)cc2)c1. The van der Waals surface area contributed by atoms with Gasteiger partial charge in [-0.3, -0.25) is 4.57 Å². The van der Waals surface area contributed by atoms with E-state index >= 15 is 0 Å². The Morgan fingerprint density at radius 3 is 2.35 bits per heavy atom. The molecule has 0 saturated heterocycles. The molecule has 4 nitrogen and oxygen atoms in total. The molecule has 0 unspecified atom stereocenters. The lowest BCUT2D eigenvalue weighted by molar-refractivity contribution is 0.602. The number of aromatic nitrogens is 2. The van der Waals surface area contributed by atoms with Gasteiger partial charge in [0.05, 0.1) is 20.6 Å². The molecule has 0 bridgehead atoms. The number of imidazole rings is 1. The minimum atomic E-state index is -3.28. The van der Waals surface area contributed by atoms with Crippen molar-refractivity contribution in [3.8, 4) is 39.5 Å². The number of nitrogens with zero attached hydrogens (tertiary/aromatic N) is 2. The van der Waals surface area contributed by atoms with Crippen molar-refractivity contribution in [2.75, 3.05) is 6.26 Å². The van der Waals surface area contributed by atoms with Crippen LogP contribution in [0.2, 0.25) is 10.0 Å². The van der Waals surface area contributed by atoms with E-state index in [9.17, 15) is 8.42 Å². The number of hydrogen-bond acceptors (Lipinski definition) is 4. The zero-order chi connectivity index (χ0) is 23.9. The summed E-state index contributed by atoms with van der Waals surface area (Å²) in [4.78, 5) is 5.17. The number of hydrogen-bond donors (Lipinski definition) is 0. The van der Waals surface area contributed by atoms with E-state index in [1.807, 2.05) is 70.1 Å². The lowest BCUT2D eigenvalue weighted by Crippen LogP contribution is -1.98. The van der Waals surface area contributed by atoms with E-state index < -0.39 is 9.84 Å². The smallest absolute Gasteiger partial charge is 0.175 e. The molecule has 0 aliphatic heterocycles. The van der Waals surface area contributed by atoms with Crippen molar-refractivity contribution >= 4 is 44.4 Å². The van der Waals surface area contributed by atoms with Crippen LogP contribution >= 0.6 is 34.5 Å². The van der Waals surface area contributed by atoms with E-state index in [-0.39, 0.29) is 0 Å². The first-order valence-corrected chi connectivity index (χ1v) is 13.9. The second-order valence-electron chi connectivity index (χ2n) is 7.78. The summed E-state index contributed by atoms with van der Waals surface area (Å²) in [5, 5.41) is 4.97. The summed E-state index contributed by atoms with van der Waals surface area (Å²) in [6, 6.07) is 22.3. The van der Waals surface area contributed by atoms with Crippen molar-refractivity contribution in [2.24, 2.45) is 0 Å². The second-order valence-corrected chi connectivity index (χ2v) is 11.4. The molecule has 0 saturated carbocycles. The summed E-state index contributed by atoms with van der Waals surface area (Å²) in [6.45, 7) is 0. The van der Waals surface area contributed by atoms with Gasteiger partial charge in [-0.2, -0.15) is 11.3 Å². The molecular formula is C26H18Cl2N2O2S2. The minimum Gasteiger partial charge on any atom is -0.299 e. The fraction of sp³-hybridized carbons (Fsp3) is 0.0385. The third-order valence-corrected chi connectivity index (χ3v) is 8.07. The maximum Gasteiger partial charge on any atom is 0.175 e. The Kier molecular flexibility index (Phi) is 6.08. The molecule has 0 aliphatic rings. The largest absolute Gasteiger partial charge is 0.299 e. The second kappa shape index (κ2) is 9.04. The summed E-state index contributed by atoms with van der Waals surface area (Å²) >= 11 is 14.4. The Hall–Kier alpha value is -2.90. The van der Waals surface area contributed by atoms with E-state index in [2.05, 4.69) is 0 Å². The third kappa shape index (κ3) is 4.42. The molecule has 0 amide bonds. The molecule has 170 valence electrons. The highest BCUT2D eigenvalue weighted by molar-refractivity contribution is 7.90. The summed E-state index contributed by atoms with van der Waals surface area (Å²) < 4.78 is 25.9. The van der Waals surface area contributed by atoms with Gasteiger partial charge < -0.3 is 0 Å². The van der Waals surface area contributed by atoms with Crippen LogP contribution in [0, 0.1) is 0 Å². The lowest BCUT2D eigenvalue weighted by atomic mass is 10.1. The first kappa shape index (κ1) is 22.9. The number of sulfone groups is 1. The highest BCUT2D eigenvalue weighted by Crippen LogP contribution is 2.36. The standard InChI is InChI=1S/C26H18Cl2N2O2S2/c1-34(31,32)21-5-2-4-18(14-21)17-8-10-20(11-9-17)30-15-24(19-12-13-33-16-19)29-26(30)22-6-3-7-23(27)25(22)28/h2-16H,1H3. The van der Waals surface area contributed by atoms with Gasteiger partial charge in [0.1, 0.15) is 5.82 Å². The van der Waals surface area contributed by atoms with Gasteiger partial charge in [0.25, 0.3) is 0 Å². The van der Waals surface area contributed by atoms with Gasteiger partial charge in [-0.1, -0.05) is 53.5 Å². The van der Waals surface area contributed by atoms with Crippen molar-refractivity contribution < 1.29 is 8.42 Å². The van der Waals surface area contributed by atoms with E-state index in [1.165, 1.54) is 6.26 Å². The average molecular weight is 525 g/mol. The topological polar surface area (TPSA) is 52.0 Å². The van der Waals surface area contributed by atoms with Gasteiger partial charge in [-0.25, -0.2) is 13.4 Å². The number of benzene rings is 3. The zero-order valence-electron chi connectivity index (χ0n) is 17.9. The van der Waals surface area contributed by atoms with Crippen molar-refractivity contribution in [3.63, 3.8) is 0 Å². The Morgan fingerprint density at radius 1 is 0.882 bits per heavy atom. The molecule has 5 aromatic rings. The van der Waals surface area contributed by atoms with E-state index in [0.717, 1.165) is 33.6 Å². The fourth-order valence-corrected chi connectivity index (χ4v) is 5.42. The predicted molar refractivity (Wildman–Crippen MR) is 141 cm³/mol. The Bertz CT molecular complexity index is 1590. The summed E-state index contributed by atoms with van der Waals surface area (Å²) in [6.07, 6.45) is 3.19. The number of thiophene rings is 1. The zero-order valence-corrected chi connectivity index (χ0v) is 21.1. The molecule has 8 heteroatoms. The molecule has 0 radical (unpaired) electrons. The molecule has 0 N–H and O–H groups in total. The molecule has 5 rings (SSSR count). The van der Waals surface area contributed by atoms with Crippen LogP contribution in [0.25, 0.3) is 39.5 Å². The normalized spacial score (nSPS) is 11.6. The summed E-state index contributed by atoms with van der Waals surface area (Å²) in [7, 11) is -3.28. The van der Waals surface area contributed by atoms with E-state index in [0.29, 0.717) is 20.8 Å². The van der Waals surface area contributed by atoms with Crippen molar-refractivity contribution in [1.29, 1.82) is 0 Å². The van der Waals surface area contributed by atoms with Crippen LogP contribution < -0.4 is 0 Å².